The molecule has 168 valence electrons. The number of nitrogens with one attached hydrogen (secondary N) is 1. The van der Waals surface area contributed by atoms with E-state index in [0.717, 1.165) is 22.5 Å². The van der Waals surface area contributed by atoms with Crippen molar-refractivity contribution in [3.05, 3.63) is 94.3 Å². The Morgan fingerprint density at radius 1 is 0.970 bits per heavy atom. The molecule has 0 aliphatic carbocycles. The van der Waals surface area contributed by atoms with E-state index in [1.807, 2.05) is 73.7 Å². The smallest absolute Gasteiger partial charge is 0.266 e. The van der Waals surface area contributed by atoms with Crippen molar-refractivity contribution < 1.29 is 4.79 Å². The Kier molecular flexibility index (Phi) is 6.38. The molecule has 0 bridgehead atoms. The fourth-order valence-corrected chi connectivity index (χ4v) is 4.51. The molecule has 0 aliphatic heterocycles. The van der Waals surface area contributed by atoms with Gasteiger partial charge in [-0.1, -0.05) is 80.6 Å². The zero-order valence-electron chi connectivity index (χ0n) is 19.3. The zero-order chi connectivity index (χ0) is 23.6. The molecule has 5 nitrogen and oxygen atoms in total. The van der Waals surface area contributed by atoms with Crippen LogP contribution in [0.15, 0.2) is 82.7 Å². The number of rotatable bonds is 5. The van der Waals surface area contributed by atoms with Crippen molar-refractivity contribution >= 4 is 34.3 Å². The lowest BCUT2D eigenvalue weighted by molar-refractivity contribution is -0.113. The Hall–Kier alpha value is -3.38. The predicted octanol–water partition coefficient (Wildman–Crippen LogP) is 5.72. The summed E-state index contributed by atoms with van der Waals surface area (Å²) in [5, 5.41) is 4.07. The molecule has 6 heteroatoms. The van der Waals surface area contributed by atoms with Crippen LogP contribution in [-0.2, 0) is 10.2 Å². The second kappa shape index (κ2) is 9.24. The summed E-state index contributed by atoms with van der Waals surface area (Å²) in [5.41, 5.74) is 4.08. The van der Waals surface area contributed by atoms with Crippen molar-refractivity contribution in [2.24, 2.45) is 0 Å². The minimum absolute atomic E-state index is 0.0944. The highest BCUT2D eigenvalue weighted by Gasteiger charge is 2.19. The molecule has 0 spiro atoms. The second-order valence-electron chi connectivity index (χ2n) is 9.02. The standard InChI is InChI=1S/C27H27N3O2S/c1-18-13-15-19(16-14-18)30-25(32)20-9-5-7-11-22(20)29-26(30)33-17-24(31)28-23-12-8-6-10-21(23)27(2,3)4/h5-16H,17H2,1-4H3,(H,28,31). The molecule has 1 amide bonds. The van der Waals surface area contributed by atoms with Gasteiger partial charge in [-0.15, -0.1) is 0 Å². The normalized spacial score (nSPS) is 11.5. The van der Waals surface area contributed by atoms with Crippen molar-refractivity contribution in [3.8, 4) is 5.69 Å². The second-order valence-corrected chi connectivity index (χ2v) is 9.96. The van der Waals surface area contributed by atoms with E-state index in [0.29, 0.717) is 16.1 Å². The maximum Gasteiger partial charge on any atom is 0.266 e. The van der Waals surface area contributed by atoms with Crippen LogP contribution in [0.2, 0.25) is 0 Å². The van der Waals surface area contributed by atoms with Crippen LogP contribution in [0.3, 0.4) is 0 Å². The number of benzene rings is 3. The molecule has 1 heterocycles. The molecule has 1 N–H and O–H groups in total. The van der Waals surface area contributed by atoms with Gasteiger partial charge in [-0.05, 0) is 48.2 Å². The van der Waals surface area contributed by atoms with Gasteiger partial charge in [0.25, 0.3) is 5.56 Å². The summed E-state index contributed by atoms with van der Waals surface area (Å²) in [5.74, 6) is -0.00988. The highest BCUT2D eigenvalue weighted by atomic mass is 32.2. The molecular weight excluding hydrogens is 430 g/mol. The number of aromatic nitrogens is 2. The highest BCUT2D eigenvalue weighted by Crippen LogP contribution is 2.29. The maximum atomic E-state index is 13.3. The van der Waals surface area contributed by atoms with Gasteiger partial charge in [0, 0.05) is 5.69 Å². The number of para-hydroxylation sites is 2. The summed E-state index contributed by atoms with van der Waals surface area (Å²) in [4.78, 5) is 30.9. The van der Waals surface area contributed by atoms with Gasteiger partial charge in [-0.25, -0.2) is 4.98 Å². The van der Waals surface area contributed by atoms with Crippen molar-refractivity contribution in [1.29, 1.82) is 0 Å². The first-order valence-corrected chi connectivity index (χ1v) is 11.8. The van der Waals surface area contributed by atoms with Gasteiger partial charge in [0.05, 0.1) is 22.3 Å². The number of anilines is 1. The van der Waals surface area contributed by atoms with E-state index in [1.54, 1.807) is 10.6 Å². The van der Waals surface area contributed by atoms with Gasteiger partial charge in [-0.3, -0.25) is 14.2 Å². The third-order valence-electron chi connectivity index (χ3n) is 5.38. The summed E-state index contributed by atoms with van der Waals surface area (Å²) < 4.78 is 1.59. The molecule has 4 aromatic rings. The number of aryl methyl sites for hydroxylation is 1. The number of nitrogens with zero attached hydrogens (tertiary/aromatic N) is 2. The molecule has 0 saturated heterocycles. The van der Waals surface area contributed by atoms with E-state index in [1.165, 1.54) is 11.8 Å². The molecule has 0 fully saturated rings. The molecule has 0 radical (unpaired) electrons. The lowest BCUT2D eigenvalue weighted by atomic mass is 9.86. The first kappa shape index (κ1) is 22.8. The molecule has 0 unspecified atom stereocenters. The van der Waals surface area contributed by atoms with Crippen molar-refractivity contribution in [1.82, 2.24) is 9.55 Å². The summed E-state index contributed by atoms with van der Waals surface area (Å²) in [7, 11) is 0. The van der Waals surface area contributed by atoms with E-state index >= 15 is 0 Å². The summed E-state index contributed by atoms with van der Waals surface area (Å²) in [6, 6.07) is 22.8. The third-order valence-corrected chi connectivity index (χ3v) is 6.32. The van der Waals surface area contributed by atoms with E-state index in [9.17, 15) is 9.59 Å². The van der Waals surface area contributed by atoms with E-state index < -0.39 is 0 Å². The number of carbonyl (C=O) groups is 1. The number of fused-ring (bicyclic) bond motifs is 1. The van der Waals surface area contributed by atoms with E-state index in [-0.39, 0.29) is 22.6 Å². The van der Waals surface area contributed by atoms with Crippen LogP contribution >= 0.6 is 11.8 Å². The van der Waals surface area contributed by atoms with Crippen molar-refractivity contribution in [3.63, 3.8) is 0 Å². The van der Waals surface area contributed by atoms with Crippen LogP contribution < -0.4 is 10.9 Å². The van der Waals surface area contributed by atoms with Gasteiger partial charge >= 0.3 is 0 Å². The van der Waals surface area contributed by atoms with Crippen LogP contribution in [-0.4, -0.2) is 21.2 Å². The maximum absolute atomic E-state index is 13.3. The number of carbonyl (C=O) groups excluding carboxylic acids is 1. The average molecular weight is 458 g/mol. The molecule has 33 heavy (non-hydrogen) atoms. The number of hydrogen-bond donors (Lipinski definition) is 1. The monoisotopic (exact) mass is 457 g/mol. The molecule has 1 aromatic heterocycles. The van der Waals surface area contributed by atoms with Crippen LogP contribution in [0, 0.1) is 6.92 Å². The Balaban J connectivity index is 1.65. The summed E-state index contributed by atoms with van der Waals surface area (Å²) >= 11 is 1.26. The first-order chi connectivity index (χ1) is 15.7. The Labute approximate surface area is 197 Å². The third kappa shape index (κ3) is 5.01. The van der Waals surface area contributed by atoms with Gasteiger partial charge in [0.1, 0.15) is 0 Å². The number of amides is 1. The minimum Gasteiger partial charge on any atom is -0.325 e. The molecule has 3 aromatic carbocycles. The quantitative estimate of drug-likeness (QED) is 0.307. The number of thioether (sulfide) groups is 1. The molecular formula is C27H27N3O2S. The summed E-state index contributed by atoms with van der Waals surface area (Å²) in [6.45, 7) is 8.35. The van der Waals surface area contributed by atoms with Crippen molar-refractivity contribution in [2.75, 3.05) is 11.1 Å². The van der Waals surface area contributed by atoms with Gasteiger partial charge in [0.2, 0.25) is 5.91 Å². The van der Waals surface area contributed by atoms with Crippen LogP contribution in [0.1, 0.15) is 31.9 Å². The Morgan fingerprint density at radius 2 is 1.64 bits per heavy atom. The highest BCUT2D eigenvalue weighted by molar-refractivity contribution is 7.99. The number of hydrogen-bond acceptors (Lipinski definition) is 4. The Morgan fingerprint density at radius 3 is 2.36 bits per heavy atom. The predicted molar refractivity (Wildman–Crippen MR) is 137 cm³/mol. The first-order valence-electron chi connectivity index (χ1n) is 10.8. The average Bonchev–Trinajstić information content (AvgIpc) is 2.78. The topological polar surface area (TPSA) is 64.0 Å². The van der Waals surface area contributed by atoms with Crippen LogP contribution in [0.25, 0.3) is 16.6 Å². The fourth-order valence-electron chi connectivity index (χ4n) is 3.69. The fraction of sp³-hybridized carbons (Fsp3) is 0.222. The van der Waals surface area contributed by atoms with Crippen LogP contribution in [0.4, 0.5) is 5.69 Å². The minimum atomic E-state index is -0.148. The largest absolute Gasteiger partial charge is 0.325 e. The SMILES string of the molecule is Cc1ccc(-n2c(SCC(=O)Nc3ccccc3C(C)(C)C)nc3ccccc3c2=O)cc1. The summed E-state index contributed by atoms with van der Waals surface area (Å²) in [6.07, 6.45) is 0. The van der Waals surface area contributed by atoms with E-state index in [2.05, 4.69) is 26.1 Å². The van der Waals surface area contributed by atoms with Gasteiger partial charge in [0.15, 0.2) is 5.16 Å². The van der Waals surface area contributed by atoms with Crippen LogP contribution in [0.5, 0.6) is 0 Å². The molecule has 0 atom stereocenters. The van der Waals surface area contributed by atoms with Gasteiger partial charge in [-0.2, -0.15) is 0 Å². The van der Waals surface area contributed by atoms with E-state index in [4.69, 9.17) is 4.98 Å². The Bertz CT molecular complexity index is 1370. The molecule has 0 saturated carbocycles. The lowest BCUT2D eigenvalue weighted by Gasteiger charge is -2.23. The zero-order valence-corrected chi connectivity index (χ0v) is 20.1. The van der Waals surface area contributed by atoms with Gasteiger partial charge < -0.3 is 5.32 Å². The molecule has 0 aliphatic rings. The van der Waals surface area contributed by atoms with Crippen molar-refractivity contribution in [2.45, 2.75) is 38.3 Å². The molecule has 4 rings (SSSR count). The lowest BCUT2D eigenvalue weighted by Crippen LogP contribution is -2.23.